The molecule has 1 aromatic heterocycles. The maximum Gasteiger partial charge on any atom is 0.242 e. The van der Waals surface area contributed by atoms with Crippen LogP contribution in [-0.4, -0.2) is 79.0 Å². The lowest BCUT2D eigenvalue weighted by molar-refractivity contribution is -0.141. The predicted molar refractivity (Wildman–Crippen MR) is 118 cm³/mol. The third-order valence-electron chi connectivity index (χ3n) is 5.56. The van der Waals surface area contributed by atoms with Gasteiger partial charge in [-0.2, -0.15) is 0 Å². The third kappa shape index (κ3) is 7.52. The van der Waals surface area contributed by atoms with E-state index in [1.807, 2.05) is 37.3 Å². The Morgan fingerprint density at radius 1 is 0.968 bits per heavy atom. The van der Waals surface area contributed by atoms with Crippen molar-refractivity contribution >= 4 is 11.8 Å². The van der Waals surface area contributed by atoms with Gasteiger partial charge in [0, 0.05) is 39.1 Å². The van der Waals surface area contributed by atoms with E-state index in [9.17, 15) is 9.59 Å². The van der Waals surface area contributed by atoms with Crippen LogP contribution >= 0.6 is 0 Å². The Labute approximate surface area is 184 Å². The lowest BCUT2D eigenvalue weighted by atomic mass is 10.1. The van der Waals surface area contributed by atoms with Crippen molar-refractivity contribution in [3.05, 3.63) is 60.1 Å². The summed E-state index contributed by atoms with van der Waals surface area (Å²) in [6, 6.07) is 13.8. The van der Waals surface area contributed by atoms with Gasteiger partial charge in [0.1, 0.15) is 5.76 Å². The van der Waals surface area contributed by atoms with Crippen LogP contribution in [0, 0.1) is 0 Å². The molecule has 168 valence electrons. The molecular formula is C24H33N3O4. The van der Waals surface area contributed by atoms with Crippen molar-refractivity contribution in [1.82, 2.24) is 14.7 Å². The Morgan fingerprint density at radius 3 is 2.42 bits per heavy atom. The van der Waals surface area contributed by atoms with Gasteiger partial charge in [0.25, 0.3) is 0 Å². The summed E-state index contributed by atoms with van der Waals surface area (Å²) in [7, 11) is 0. The number of hydrogen-bond acceptors (Lipinski definition) is 5. The van der Waals surface area contributed by atoms with E-state index in [4.69, 9.17) is 9.15 Å². The average molecular weight is 428 g/mol. The van der Waals surface area contributed by atoms with Crippen molar-refractivity contribution < 1.29 is 18.7 Å². The Balaban J connectivity index is 1.62. The molecule has 2 amide bonds. The van der Waals surface area contributed by atoms with E-state index in [0.29, 0.717) is 26.1 Å². The zero-order valence-electron chi connectivity index (χ0n) is 18.4. The first kappa shape index (κ1) is 23.0. The average Bonchev–Trinajstić information content (AvgIpc) is 3.33. The van der Waals surface area contributed by atoms with Crippen molar-refractivity contribution in [1.29, 1.82) is 0 Å². The molecule has 3 rings (SSSR count). The van der Waals surface area contributed by atoms with Crippen molar-refractivity contribution in [3.8, 4) is 0 Å². The lowest BCUT2D eigenvalue weighted by Crippen LogP contribution is -2.47. The molecule has 0 radical (unpaired) electrons. The molecule has 1 fully saturated rings. The highest BCUT2D eigenvalue weighted by atomic mass is 16.5. The first-order valence-corrected chi connectivity index (χ1v) is 11.1. The summed E-state index contributed by atoms with van der Waals surface area (Å²) in [5.74, 6) is 0.682. The van der Waals surface area contributed by atoms with Gasteiger partial charge in [-0.25, -0.2) is 0 Å². The van der Waals surface area contributed by atoms with E-state index >= 15 is 0 Å². The highest BCUT2D eigenvalue weighted by molar-refractivity contribution is 5.84. The number of amides is 2. The summed E-state index contributed by atoms with van der Waals surface area (Å²) in [4.78, 5) is 31.5. The van der Waals surface area contributed by atoms with Crippen LogP contribution in [0.1, 0.15) is 24.7 Å². The van der Waals surface area contributed by atoms with Crippen LogP contribution in [0.4, 0.5) is 0 Å². The van der Waals surface area contributed by atoms with E-state index in [1.54, 1.807) is 16.1 Å². The minimum Gasteiger partial charge on any atom is -0.467 e. The molecule has 0 unspecified atom stereocenters. The Kier molecular flexibility index (Phi) is 9.12. The smallest absolute Gasteiger partial charge is 0.242 e. The molecule has 1 aliphatic heterocycles. The van der Waals surface area contributed by atoms with Crippen molar-refractivity contribution in [2.24, 2.45) is 0 Å². The molecule has 1 saturated heterocycles. The molecule has 7 nitrogen and oxygen atoms in total. The molecular weight excluding hydrogens is 394 g/mol. The van der Waals surface area contributed by atoms with Gasteiger partial charge < -0.3 is 19.0 Å². The molecule has 0 saturated carbocycles. The standard InChI is InChI=1S/C24H33N3O4/c1-2-23(28)27(13-12-25-14-17-30-18-15-25)20-24(29)26(19-22-9-6-16-31-22)11-10-21-7-4-3-5-8-21/h3-9,16H,2,10-15,17-20H2,1H3. The van der Waals surface area contributed by atoms with Gasteiger partial charge in [-0.1, -0.05) is 37.3 Å². The minimum absolute atomic E-state index is 0.00242. The number of rotatable bonds is 11. The van der Waals surface area contributed by atoms with E-state index < -0.39 is 0 Å². The van der Waals surface area contributed by atoms with E-state index in [0.717, 1.165) is 45.0 Å². The van der Waals surface area contributed by atoms with Crippen LogP contribution in [0.3, 0.4) is 0 Å². The SMILES string of the molecule is CCC(=O)N(CCN1CCOCC1)CC(=O)N(CCc1ccccc1)Cc1ccco1. The van der Waals surface area contributed by atoms with Crippen LogP contribution in [0.2, 0.25) is 0 Å². The van der Waals surface area contributed by atoms with Gasteiger partial charge in [-0.05, 0) is 24.1 Å². The molecule has 1 aromatic carbocycles. The summed E-state index contributed by atoms with van der Waals surface area (Å²) in [6.45, 7) is 7.37. The van der Waals surface area contributed by atoms with Crippen LogP contribution in [0.5, 0.6) is 0 Å². The highest BCUT2D eigenvalue weighted by Crippen LogP contribution is 2.10. The van der Waals surface area contributed by atoms with Gasteiger partial charge >= 0.3 is 0 Å². The number of furan rings is 1. The second kappa shape index (κ2) is 12.3. The van der Waals surface area contributed by atoms with Gasteiger partial charge in [0.05, 0.1) is 32.6 Å². The number of carbonyl (C=O) groups excluding carboxylic acids is 2. The van der Waals surface area contributed by atoms with Crippen LogP contribution in [-0.2, 0) is 27.3 Å². The molecule has 0 bridgehead atoms. The summed E-state index contributed by atoms with van der Waals surface area (Å²) in [5, 5.41) is 0. The Bertz CT molecular complexity index is 788. The minimum atomic E-state index is -0.0592. The quantitative estimate of drug-likeness (QED) is 0.551. The summed E-state index contributed by atoms with van der Waals surface area (Å²) >= 11 is 0. The number of morpholine rings is 1. The summed E-state index contributed by atoms with van der Waals surface area (Å²) in [6.07, 6.45) is 2.76. The van der Waals surface area contributed by atoms with Crippen molar-refractivity contribution in [2.45, 2.75) is 26.3 Å². The number of carbonyl (C=O) groups is 2. The van der Waals surface area contributed by atoms with Gasteiger partial charge in [-0.3, -0.25) is 14.5 Å². The fraction of sp³-hybridized carbons (Fsp3) is 0.500. The molecule has 0 spiro atoms. The molecule has 7 heteroatoms. The van der Waals surface area contributed by atoms with E-state index in [1.165, 1.54) is 5.56 Å². The normalized spacial score (nSPS) is 14.4. The second-order valence-corrected chi connectivity index (χ2v) is 7.75. The molecule has 1 aliphatic rings. The zero-order valence-corrected chi connectivity index (χ0v) is 18.4. The molecule has 0 N–H and O–H groups in total. The molecule has 0 aliphatic carbocycles. The fourth-order valence-corrected chi connectivity index (χ4v) is 3.66. The summed E-state index contributed by atoms with van der Waals surface area (Å²) < 4.78 is 10.9. The van der Waals surface area contributed by atoms with Gasteiger partial charge in [0.15, 0.2) is 0 Å². The van der Waals surface area contributed by atoms with Crippen molar-refractivity contribution in [3.63, 3.8) is 0 Å². The van der Waals surface area contributed by atoms with Gasteiger partial charge in [-0.15, -0.1) is 0 Å². The monoisotopic (exact) mass is 427 g/mol. The first-order valence-electron chi connectivity index (χ1n) is 11.1. The first-order chi connectivity index (χ1) is 15.2. The van der Waals surface area contributed by atoms with Crippen LogP contribution < -0.4 is 0 Å². The number of hydrogen-bond donors (Lipinski definition) is 0. The largest absolute Gasteiger partial charge is 0.467 e. The predicted octanol–water partition coefficient (Wildman–Crippen LogP) is 2.42. The molecule has 0 atom stereocenters. The Hall–Kier alpha value is -2.64. The van der Waals surface area contributed by atoms with E-state index in [2.05, 4.69) is 17.0 Å². The molecule has 2 heterocycles. The maximum atomic E-state index is 13.2. The fourth-order valence-electron chi connectivity index (χ4n) is 3.66. The maximum absolute atomic E-state index is 13.2. The van der Waals surface area contributed by atoms with Gasteiger partial charge in [0.2, 0.25) is 11.8 Å². The van der Waals surface area contributed by atoms with Crippen LogP contribution in [0.15, 0.2) is 53.1 Å². The van der Waals surface area contributed by atoms with Crippen molar-refractivity contribution in [2.75, 3.05) is 52.5 Å². The molecule has 2 aromatic rings. The number of nitrogens with zero attached hydrogens (tertiary/aromatic N) is 3. The highest BCUT2D eigenvalue weighted by Gasteiger charge is 2.22. The Morgan fingerprint density at radius 2 is 1.74 bits per heavy atom. The lowest BCUT2D eigenvalue weighted by Gasteiger charge is -2.31. The molecule has 31 heavy (non-hydrogen) atoms. The van der Waals surface area contributed by atoms with E-state index in [-0.39, 0.29) is 18.4 Å². The topological polar surface area (TPSA) is 66.2 Å². The summed E-state index contributed by atoms with van der Waals surface area (Å²) in [5.41, 5.74) is 1.17. The number of benzene rings is 1. The second-order valence-electron chi connectivity index (χ2n) is 7.75. The van der Waals surface area contributed by atoms with Crippen LogP contribution in [0.25, 0.3) is 0 Å². The number of ether oxygens (including phenoxy) is 1. The zero-order chi connectivity index (χ0) is 21.9. The third-order valence-corrected chi connectivity index (χ3v) is 5.56.